The van der Waals surface area contributed by atoms with Crippen molar-refractivity contribution in [1.29, 1.82) is 0 Å². The molecule has 2 atom stereocenters. The maximum atomic E-state index is 13.0. The van der Waals surface area contributed by atoms with E-state index in [1.54, 1.807) is 93.6 Å². The van der Waals surface area contributed by atoms with E-state index in [0.29, 0.717) is 27.4 Å². The second kappa shape index (κ2) is 19.1. The fourth-order valence-corrected chi connectivity index (χ4v) is 8.19. The van der Waals surface area contributed by atoms with Crippen molar-refractivity contribution in [3.8, 4) is 0 Å². The summed E-state index contributed by atoms with van der Waals surface area (Å²) in [6.07, 6.45) is 2.55. The largest absolute Gasteiger partial charge is 0.444 e. The fraction of sp³-hybridized carbons (Fsp3) is 0.256. The zero-order valence-corrected chi connectivity index (χ0v) is 36.5. The van der Waals surface area contributed by atoms with Gasteiger partial charge in [0.1, 0.15) is 11.6 Å². The molecule has 2 aromatic heterocycles. The lowest BCUT2D eigenvalue weighted by Crippen LogP contribution is -2.47. The van der Waals surface area contributed by atoms with Crippen molar-refractivity contribution in [3.05, 3.63) is 120 Å². The van der Waals surface area contributed by atoms with Crippen LogP contribution in [0.15, 0.2) is 107 Å². The summed E-state index contributed by atoms with van der Waals surface area (Å²) < 4.78 is 58.7. The van der Waals surface area contributed by atoms with Crippen molar-refractivity contribution in [2.75, 3.05) is 0 Å². The Bertz CT molecular complexity index is 2680. The van der Waals surface area contributed by atoms with E-state index in [4.69, 9.17) is 21.9 Å². The van der Waals surface area contributed by atoms with Gasteiger partial charge in [-0.15, -0.1) is 0 Å². The lowest BCUT2D eigenvalue weighted by molar-refractivity contribution is -0.120. The number of fused-ring (bicyclic) bond motifs is 2. The summed E-state index contributed by atoms with van der Waals surface area (Å²) in [6, 6.07) is 21.4. The second-order valence-electron chi connectivity index (χ2n) is 14.4. The van der Waals surface area contributed by atoms with E-state index in [1.165, 1.54) is 24.5 Å². The van der Waals surface area contributed by atoms with Crippen LogP contribution in [-0.2, 0) is 47.2 Å². The molecule has 7 N–H and O–H groups in total. The first-order valence-electron chi connectivity index (χ1n) is 17.6. The molecule has 4 aromatic carbocycles. The fourth-order valence-electron chi connectivity index (χ4n) is 5.64. The van der Waals surface area contributed by atoms with Crippen LogP contribution in [-0.4, -0.2) is 70.8 Å². The molecule has 316 valence electrons. The Labute approximate surface area is 356 Å². The molecule has 3 amide bonds. The Morgan fingerprint density at radius 3 is 1.46 bits per heavy atom. The van der Waals surface area contributed by atoms with Gasteiger partial charge in [-0.25, -0.2) is 4.79 Å². The molecule has 0 radical (unpaired) electrons. The van der Waals surface area contributed by atoms with Crippen LogP contribution >= 0.6 is 27.0 Å². The quantitative estimate of drug-likeness (QED) is 0.146. The number of nitrogens with two attached hydrogens (primary N) is 3. The van der Waals surface area contributed by atoms with E-state index < -0.39 is 55.6 Å². The second-order valence-corrected chi connectivity index (χ2v) is 18.0. The van der Waals surface area contributed by atoms with E-state index in [-0.39, 0.29) is 49.6 Å². The van der Waals surface area contributed by atoms with E-state index in [9.17, 15) is 31.2 Å². The maximum absolute atomic E-state index is 13.0. The summed E-state index contributed by atoms with van der Waals surface area (Å²) >= 11 is 0. The topological polar surface area (TPSA) is 254 Å². The van der Waals surface area contributed by atoms with E-state index in [0.717, 1.165) is 24.9 Å². The van der Waals surface area contributed by atoms with Crippen LogP contribution < -0.4 is 22.5 Å². The lowest BCUT2D eigenvalue weighted by atomic mass is 10.0. The Hall–Kier alpha value is -5.41. The number of ether oxygens (including phenoxy) is 1. The summed E-state index contributed by atoms with van der Waals surface area (Å²) in [5.41, 5.74) is 19.8. The predicted octanol–water partition coefficient (Wildman–Crippen LogP) is 3.67. The molecule has 59 heavy (non-hydrogen) atoms. The summed E-state index contributed by atoms with van der Waals surface area (Å²) in [6.45, 7) is 8.89. The van der Waals surface area contributed by atoms with Crippen LogP contribution in [0.5, 0.6) is 0 Å². The summed E-state index contributed by atoms with van der Waals surface area (Å²) in [4.78, 5) is 35.3. The number of amides is 3. The van der Waals surface area contributed by atoms with Gasteiger partial charge >= 0.3 is 6.09 Å². The molecule has 2 heterocycles. The highest BCUT2D eigenvalue weighted by Crippen LogP contribution is 2.24. The van der Waals surface area contributed by atoms with Gasteiger partial charge < -0.3 is 27.3 Å². The number of hydrogen-bond donors (Lipinski definition) is 4. The first-order chi connectivity index (χ1) is 26.6. The number of primary amides is 2. The van der Waals surface area contributed by atoms with Crippen LogP contribution in [0.2, 0.25) is 0 Å². The third kappa shape index (κ3) is 11.6. The first kappa shape index (κ1) is 48.0. The van der Waals surface area contributed by atoms with E-state index in [1.807, 2.05) is 13.8 Å². The van der Waals surface area contributed by atoms with Crippen molar-refractivity contribution in [3.63, 3.8) is 0 Å². The number of aryl methyl sites for hydroxylation is 2. The first-order valence-corrected chi connectivity index (χ1v) is 20.5. The molecule has 0 fully saturated rings. The molecule has 0 unspecified atom stereocenters. The van der Waals surface area contributed by atoms with Gasteiger partial charge in [0.25, 0.3) is 20.0 Å². The maximum Gasteiger partial charge on any atom is 0.408 e. The highest BCUT2D eigenvalue weighted by molar-refractivity contribution is 7.90. The Kier molecular flexibility index (Phi) is 15.5. The standard InChI is InChI=1S/C22H26N4O5S.C17H18N4O3S.2H2S/c1-14-5-8-17(9-6-14)32(29,30)26-19-10-7-15(11-16(19)13-24-26)12-18(20(23)27)25-21(28)31-22(2,3)4;1-11-2-5-14(6-3-11)25(23,24)21-16-7-4-12(8-13(16)10-20-21)9-15(18)17(19)22;;/h5-11,13,18H,12H2,1-4H3,(H2,23,27)(H,25,28);2-8,10,15H,9,18H2,1H3,(H2,19,22);2*1H2/t18-;15-;;/m00../s1. The summed E-state index contributed by atoms with van der Waals surface area (Å²) in [7, 11) is -7.65. The number of carbonyl (C=O) groups excluding carboxylic acids is 3. The van der Waals surface area contributed by atoms with Crippen LogP contribution in [0.25, 0.3) is 21.8 Å². The van der Waals surface area contributed by atoms with Gasteiger partial charge in [-0.05, 0) is 101 Å². The minimum Gasteiger partial charge on any atom is -0.444 e. The smallest absolute Gasteiger partial charge is 0.408 e. The Balaban J connectivity index is 0.000000313. The zero-order valence-electron chi connectivity index (χ0n) is 32.9. The number of benzene rings is 4. The zero-order chi connectivity index (χ0) is 41.9. The van der Waals surface area contributed by atoms with Crippen molar-refractivity contribution in [1.82, 2.24) is 23.7 Å². The molecule has 0 saturated heterocycles. The summed E-state index contributed by atoms with van der Waals surface area (Å²) in [5, 5.41) is 11.8. The minimum absolute atomic E-state index is 0. The average Bonchev–Trinajstić information content (AvgIpc) is 3.76. The molecule has 0 bridgehead atoms. The molecule has 0 saturated carbocycles. The monoisotopic (exact) mass is 884 g/mol. The normalized spacial score (nSPS) is 12.6. The van der Waals surface area contributed by atoms with Gasteiger partial charge in [-0.2, -0.15) is 62.2 Å². The molecule has 6 aromatic rings. The average molecular weight is 885 g/mol. The molecule has 0 aliphatic heterocycles. The van der Waals surface area contributed by atoms with Gasteiger partial charge in [0.05, 0.1) is 39.3 Å². The minimum atomic E-state index is -3.86. The molecule has 16 nitrogen and oxygen atoms in total. The Morgan fingerprint density at radius 1 is 0.678 bits per heavy atom. The SMILES string of the molecule is Cc1ccc(S(=O)(=O)n2ncc3cc(C[C@H](N)C(N)=O)ccc32)cc1.Cc1ccc(S(=O)(=O)n2ncc3cc(C[C@H](NC(=O)OC(C)(C)C)C(N)=O)ccc32)cc1.S.S. The van der Waals surface area contributed by atoms with Gasteiger partial charge in [0, 0.05) is 17.2 Å². The van der Waals surface area contributed by atoms with E-state index >= 15 is 0 Å². The molecular formula is C39H48N8O8S4. The molecule has 6 rings (SSSR count). The predicted molar refractivity (Wildman–Crippen MR) is 235 cm³/mol. The molecular weight excluding hydrogens is 837 g/mol. The number of aromatic nitrogens is 4. The third-order valence-corrected chi connectivity index (χ3v) is 11.8. The number of alkyl carbamates (subject to hydrolysis) is 1. The summed E-state index contributed by atoms with van der Waals surface area (Å²) in [5.74, 6) is -1.30. The number of rotatable bonds is 11. The highest BCUT2D eigenvalue weighted by Gasteiger charge is 2.25. The molecule has 20 heteroatoms. The van der Waals surface area contributed by atoms with E-state index in [2.05, 4.69) is 15.5 Å². The molecule has 0 aliphatic carbocycles. The third-order valence-electron chi connectivity index (χ3n) is 8.59. The number of nitrogens with zero attached hydrogens (tertiary/aromatic N) is 4. The lowest BCUT2D eigenvalue weighted by Gasteiger charge is -2.22. The van der Waals surface area contributed by atoms with Crippen LogP contribution in [0.3, 0.4) is 0 Å². The molecule has 0 spiro atoms. The number of hydrogen-bond acceptors (Lipinski definition) is 11. The van der Waals surface area contributed by atoms with Gasteiger partial charge in [-0.3, -0.25) is 9.59 Å². The molecule has 0 aliphatic rings. The van der Waals surface area contributed by atoms with Crippen molar-refractivity contribution in [2.45, 2.75) is 74.9 Å². The van der Waals surface area contributed by atoms with Crippen molar-refractivity contribution >= 4 is 86.8 Å². The van der Waals surface area contributed by atoms with Gasteiger partial charge in [-0.1, -0.05) is 47.5 Å². The number of nitrogens with one attached hydrogen (secondary N) is 1. The van der Waals surface area contributed by atoms with Gasteiger partial charge in [0.2, 0.25) is 11.8 Å². The van der Waals surface area contributed by atoms with Crippen molar-refractivity contribution < 1.29 is 36.0 Å². The highest BCUT2D eigenvalue weighted by atomic mass is 32.2. The van der Waals surface area contributed by atoms with Crippen LogP contribution in [0.4, 0.5) is 4.79 Å². The van der Waals surface area contributed by atoms with Crippen LogP contribution in [0, 0.1) is 13.8 Å². The van der Waals surface area contributed by atoms with Crippen LogP contribution in [0.1, 0.15) is 43.0 Å². The van der Waals surface area contributed by atoms with Gasteiger partial charge in [0.15, 0.2) is 0 Å². The van der Waals surface area contributed by atoms with Crippen molar-refractivity contribution in [2.24, 2.45) is 17.2 Å². The number of carbonyl (C=O) groups is 3. The Morgan fingerprint density at radius 2 is 1.08 bits per heavy atom.